The number of fused-ring (bicyclic) bond motifs is 12. The van der Waals surface area contributed by atoms with Gasteiger partial charge in [-0.25, -0.2) is 4.98 Å². The van der Waals surface area contributed by atoms with Crippen molar-refractivity contribution in [1.82, 2.24) is 14.5 Å². The van der Waals surface area contributed by atoms with Crippen LogP contribution in [0.25, 0.3) is 72.6 Å². The molecule has 0 saturated carbocycles. The predicted octanol–water partition coefficient (Wildman–Crippen LogP) is 10.6. The number of nitrogens with zero attached hydrogens (tertiary/aromatic N) is 3. The Bertz CT molecular complexity index is 2580. The second-order valence-corrected chi connectivity index (χ2v) is 13.8. The van der Waals surface area contributed by atoms with Crippen LogP contribution in [0, 0.1) is 0 Å². The Kier molecular flexibility index (Phi) is 4.83. The molecule has 0 spiro atoms. The quantitative estimate of drug-likeness (QED) is 0.200. The fourth-order valence-corrected chi connectivity index (χ4v) is 8.52. The van der Waals surface area contributed by atoms with Crippen molar-refractivity contribution < 1.29 is 4.42 Å². The van der Waals surface area contributed by atoms with Crippen molar-refractivity contribution in [2.24, 2.45) is 0 Å². The first-order chi connectivity index (χ1) is 22.4. The van der Waals surface area contributed by atoms with Gasteiger partial charge in [-0.1, -0.05) is 131 Å². The van der Waals surface area contributed by atoms with Gasteiger partial charge >= 0.3 is 0 Å². The minimum Gasteiger partial charge on any atom is -0.437 e. The van der Waals surface area contributed by atoms with Gasteiger partial charge in [0.25, 0.3) is 0 Å². The number of hydrogen-bond acceptors (Lipinski definition) is 3. The lowest BCUT2D eigenvalue weighted by molar-refractivity contribution is 0.644. The number of rotatable bonds is 2. The zero-order valence-corrected chi connectivity index (χ0v) is 26.2. The SMILES string of the molecule is CC1(C)c2ccccc2-c2c1ccc1c2oc2nc(-n3c4c(c5ccccc53)C(C)(C)c3ccccc3-4)nc(-c3ccccc3)c21. The Morgan fingerprint density at radius 3 is 2.07 bits per heavy atom. The summed E-state index contributed by atoms with van der Waals surface area (Å²) in [5.41, 5.74) is 14.2. The molecule has 0 atom stereocenters. The number of furan rings is 1. The third kappa shape index (κ3) is 3.09. The molecule has 2 aliphatic rings. The summed E-state index contributed by atoms with van der Waals surface area (Å²) in [6, 6.07) is 41.1. The van der Waals surface area contributed by atoms with Crippen LogP contribution in [0.5, 0.6) is 0 Å². The fraction of sp³-hybridized carbons (Fsp3) is 0.143. The molecule has 0 unspecified atom stereocenters. The summed E-state index contributed by atoms with van der Waals surface area (Å²) in [5, 5.41) is 3.22. The van der Waals surface area contributed by atoms with E-state index in [1.165, 1.54) is 44.3 Å². The van der Waals surface area contributed by atoms with Crippen molar-refractivity contribution in [3.63, 3.8) is 0 Å². The zero-order valence-electron chi connectivity index (χ0n) is 26.2. The van der Waals surface area contributed by atoms with Crippen molar-refractivity contribution in [2.45, 2.75) is 38.5 Å². The topological polar surface area (TPSA) is 43.9 Å². The van der Waals surface area contributed by atoms with E-state index in [0.717, 1.165) is 38.8 Å². The van der Waals surface area contributed by atoms with Crippen LogP contribution in [0.4, 0.5) is 0 Å². The molecule has 2 aliphatic carbocycles. The highest BCUT2D eigenvalue weighted by molar-refractivity contribution is 6.15. The summed E-state index contributed by atoms with van der Waals surface area (Å²) in [7, 11) is 0. The first-order valence-corrected chi connectivity index (χ1v) is 16.0. The number of benzene rings is 5. The molecule has 5 aromatic carbocycles. The minimum absolute atomic E-state index is 0.122. The van der Waals surface area contributed by atoms with E-state index in [1.54, 1.807) is 0 Å². The largest absolute Gasteiger partial charge is 0.437 e. The first kappa shape index (κ1) is 25.8. The van der Waals surface area contributed by atoms with Gasteiger partial charge in [0.05, 0.1) is 22.3 Å². The van der Waals surface area contributed by atoms with Crippen LogP contribution in [-0.2, 0) is 10.8 Å². The lowest BCUT2D eigenvalue weighted by atomic mass is 9.81. The lowest BCUT2D eigenvalue weighted by Gasteiger charge is -2.21. The summed E-state index contributed by atoms with van der Waals surface area (Å²) >= 11 is 0. The van der Waals surface area contributed by atoms with Gasteiger partial charge in [-0.3, -0.25) is 4.57 Å². The van der Waals surface area contributed by atoms with Gasteiger partial charge in [0.2, 0.25) is 11.7 Å². The van der Waals surface area contributed by atoms with E-state index in [-0.39, 0.29) is 10.8 Å². The summed E-state index contributed by atoms with van der Waals surface area (Å²) in [4.78, 5) is 10.7. The standard InChI is InChI=1S/C42H31N3O/c1-41(2)29-19-11-8-16-25(29)33-31(41)23-22-28-34-36(24-14-6-5-7-15-24)43-40(44-39(34)46-38(28)33)45-32-21-13-10-18-27(32)35-37(45)26-17-9-12-20-30(26)42(35,3)4/h5-23H,1-4H3. The van der Waals surface area contributed by atoms with Crippen LogP contribution in [0.2, 0.25) is 0 Å². The normalized spacial score (nSPS) is 15.3. The van der Waals surface area contributed by atoms with Crippen LogP contribution in [0.15, 0.2) is 120 Å². The van der Waals surface area contributed by atoms with Crippen molar-refractivity contribution in [3.8, 4) is 39.6 Å². The molecular formula is C42H31N3O. The van der Waals surface area contributed by atoms with Gasteiger partial charge in [-0.05, 0) is 39.9 Å². The third-order valence-electron chi connectivity index (χ3n) is 10.6. The van der Waals surface area contributed by atoms with Crippen molar-refractivity contribution >= 4 is 33.0 Å². The van der Waals surface area contributed by atoms with E-state index in [0.29, 0.717) is 11.7 Å². The third-order valence-corrected chi connectivity index (χ3v) is 10.6. The van der Waals surface area contributed by atoms with Crippen LogP contribution in [0.3, 0.4) is 0 Å². The predicted molar refractivity (Wildman–Crippen MR) is 187 cm³/mol. The number of para-hydroxylation sites is 1. The van der Waals surface area contributed by atoms with Gasteiger partial charge in [0.15, 0.2) is 0 Å². The molecule has 0 aliphatic heterocycles. The molecule has 46 heavy (non-hydrogen) atoms. The van der Waals surface area contributed by atoms with Gasteiger partial charge in [0.1, 0.15) is 5.58 Å². The Morgan fingerprint density at radius 2 is 1.26 bits per heavy atom. The maximum absolute atomic E-state index is 6.92. The lowest BCUT2D eigenvalue weighted by Crippen LogP contribution is -2.14. The van der Waals surface area contributed by atoms with Crippen molar-refractivity contribution in [1.29, 1.82) is 0 Å². The average molecular weight is 594 g/mol. The van der Waals surface area contributed by atoms with Gasteiger partial charge < -0.3 is 4.42 Å². The van der Waals surface area contributed by atoms with Crippen LogP contribution < -0.4 is 0 Å². The molecule has 0 radical (unpaired) electrons. The molecule has 4 heteroatoms. The fourth-order valence-electron chi connectivity index (χ4n) is 8.52. The zero-order chi connectivity index (χ0) is 30.9. The van der Waals surface area contributed by atoms with E-state index in [1.807, 2.05) is 6.07 Å². The molecule has 0 fully saturated rings. The molecule has 3 aromatic heterocycles. The maximum Gasteiger partial charge on any atom is 0.238 e. The molecule has 0 amide bonds. The smallest absolute Gasteiger partial charge is 0.238 e. The number of aromatic nitrogens is 3. The molecule has 10 rings (SSSR count). The van der Waals surface area contributed by atoms with Gasteiger partial charge in [-0.15, -0.1) is 0 Å². The minimum atomic E-state index is -0.163. The second-order valence-electron chi connectivity index (χ2n) is 13.8. The molecule has 4 nitrogen and oxygen atoms in total. The van der Waals surface area contributed by atoms with E-state index in [4.69, 9.17) is 14.4 Å². The Balaban J connectivity index is 1.35. The molecule has 220 valence electrons. The molecule has 0 bridgehead atoms. The number of hydrogen-bond donors (Lipinski definition) is 0. The average Bonchev–Trinajstić information content (AvgIpc) is 3.76. The molecule has 0 saturated heterocycles. The van der Waals surface area contributed by atoms with Crippen molar-refractivity contribution in [3.05, 3.63) is 138 Å². The molecule has 0 N–H and O–H groups in total. The van der Waals surface area contributed by atoms with Crippen molar-refractivity contribution in [2.75, 3.05) is 0 Å². The Labute approximate surface area is 267 Å². The monoisotopic (exact) mass is 593 g/mol. The summed E-state index contributed by atoms with van der Waals surface area (Å²) in [5.74, 6) is 0.618. The molecular weight excluding hydrogens is 562 g/mol. The summed E-state index contributed by atoms with van der Waals surface area (Å²) in [6.07, 6.45) is 0. The van der Waals surface area contributed by atoms with E-state index < -0.39 is 0 Å². The Morgan fingerprint density at radius 1 is 0.587 bits per heavy atom. The molecule has 8 aromatic rings. The first-order valence-electron chi connectivity index (χ1n) is 16.0. The van der Waals surface area contributed by atoms with Crippen LogP contribution in [-0.4, -0.2) is 14.5 Å². The van der Waals surface area contributed by atoms with Crippen LogP contribution in [0.1, 0.15) is 49.9 Å². The van der Waals surface area contributed by atoms with Gasteiger partial charge in [-0.2, -0.15) is 4.98 Å². The summed E-state index contributed by atoms with van der Waals surface area (Å²) < 4.78 is 9.19. The molecule has 3 heterocycles. The van der Waals surface area contributed by atoms with Crippen LogP contribution >= 0.6 is 0 Å². The Hall–Kier alpha value is -5.48. The summed E-state index contributed by atoms with van der Waals surface area (Å²) in [6.45, 7) is 9.26. The highest BCUT2D eigenvalue weighted by atomic mass is 16.3. The second kappa shape index (κ2) is 8.61. The highest BCUT2D eigenvalue weighted by Crippen LogP contribution is 2.55. The van der Waals surface area contributed by atoms with E-state index >= 15 is 0 Å². The highest BCUT2D eigenvalue weighted by Gasteiger charge is 2.41. The van der Waals surface area contributed by atoms with E-state index in [9.17, 15) is 0 Å². The van der Waals surface area contributed by atoms with E-state index in [2.05, 4.69) is 141 Å². The maximum atomic E-state index is 6.92. The van der Waals surface area contributed by atoms with Gasteiger partial charge in [0, 0.05) is 38.3 Å².